The highest BCUT2D eigenvalue weighted by molar-refractivity contribution is 5.71. The summed E-state index contributed by atoms with van der Waals surface area (Å²) in [7, 11) is 0. The molecule has 3 aromatic rings. The number of imidazole rings is 1. The summed E-state index contributed by atoms with van der Waals surface area (Å²) in [4.78, 5) is 14.9. The molecule has 94 valence electrons. The summed E-state index contributed by atoms with van der Waals surface area (Å²) >= 11 is 0. The van der Waals surface area contributed by atoms with Gasteiger partial charge in [-0.1, -0.05) is 18.2 Å². The summed E-state index contributed by atoms with van der Waals surface area (Å²) in [5.41, 5.74) is 3.23. The van der Waals surface area contributed by atoms with E-state index in [0.717, 1.165) is 22.5 Å². The van der Waals surface area contributed by atoms with Crippen LogP contribution in [0.25, 0.3) is 16.9 Å². The number of carbonyl (C=O) groups is 1. The smallest absolute Gasteiger partial charge is 0.307 e. The Morgan fingerprint density at radius 1 is 1.26 bits per heavy atom. The molecule has 0 saturated heterocycles. The second-order valence-corrected chi connectivity index (χ2v) is 4.22. The zero-order chi connectivity index (χ0) is 13.2. The molecular weight excluding hydrogens is 242 g/mol. The lowest BCUT2D eigenvalue weighted by molar-refractivity contribution is -0.136. The third-order valence-electron chi connectivity index (χ3n) is 2.83. The van der Waals surface area contributed by atoms with E-state index in [1.54, 1.807) is 23.0 Å². The largest absolute Gasteiger partial charge is 0.481 e. The van der Waals surface area contributed by atoms with E-state index in [4.69, 9.17) is 5.11 Å². The van der Waals surface area contributed by atoms with Crippen molar-refractivity contribution in [2.75, 3.05) is 0 Å². The molecule has 0 fully saturated rings. The molecule has 0 aliphatic rings. The van der Waals surface area contributed by atoms with Crippen molar-refractivity contribution in [3.8, 4) is 11.3 Å². The second kappa shape index (κ2) is 4.53. The fourth-order valence-electron chi connectivity index (χ4n) is 1.98. The standard InChI is InChI=1S/C14H11N3O2/c18-14(19)9-10-2-1-3-11(8-10)12-4-5-13-15-6-7-17(13)16-12/h1-8H,9H2,(H,18,19). The van der Waals surface area contributed by atoms with Crippen LogP contribution in [0.5, 0.6) is 0 Å². The number of rotatable bonds is 3. The van der Waals surface area contributed by atoms with Crippen molar-refractivity contribution in [3.05, 3.63) is 54.4 Å². The van der Waals surface area contributed by atoms with Crippen molar-refractivity contribution >= 4 is 11.6 Å². The van der Waals surface area contributed by atoms with E-state index in [0.29, 0.717) is 0 Å². The van der Waals surface area contributed by atoms with E-state index in [1.165, 1.54) is 0 Å². The van der Waals surface area contributed by atoms with Gasteiger partial charge in [-0.25, -0.2) is 9.50 Å². The summed E-state index contributed by atoms with van der Waals surface area (Å²) in [6.45, 7) is 0. The number of carboxylic acid groups (broad SMARTS) is 1. The number of hydrogen-bond donors (Lipinski definition) is 1. The number of nitrogens with zero attached hydrogens (tertiary/aromatic N) is 3. The van der Waals surface area contributed by atoms with Crippen molar-refractivity contribution in [2.24, 2.45) is 0 Å². The third kappa shape index (κ3) is 2.30. The van der Waals surface area contributed by atoms with E-state index >= 15 is 0 Å². The molecule has 2 aromatic heterocycles. The lowest BCUT2D eigenvalue weighted by Crippen LogP contribution is -2.00. The summed E-state index contributed by atoms with van der Waals surface area (Å²) < 4.78 is 1.69. The lowest BCUT2D eigenvalue weighted by Gasteiger charge is -2.04. The second-order valence-electron chi connectivity index (χ2n) is 4.22. The topological polar surface area (TPSA) is 67.5 Å². The molecule has 1 N–H and O–H groups in total. The van der Waals surface area contributed by atoms with Crippen LogP contribution in [0.2, 0.25) is 0 Å². The average Bonchev–Trinajstić information content (AvgIpc) is 2.85. The first-order valence-electron chi connectivity index (χ1n) is 5.84. The molecule has 5 heteroatoms. The van der Waals surface area contributed by atoms with Crippen LogP contribution < -0.4 is 0 Å². The maximum absolute atomic E-state index is 10.7. The van der Waals surface area contributed by atoms with Crippen molar-refractivity contribution < 1.29 is 9.90 Å². The Balaban J connectivity index is 2.02. The Kier molecular flexibility index (Phi) is 2.72. The molecule has 1 aromatic carbocycles. The molecule has 0 spiro atoms. The minimum Gasteiger partial charge on any atom is -0.481 e. The highest BCUT2D eigenvalue weighted by Gasteiger charge is 2.05. The van der Waals surface area contributed by atoms with E-state index in [-0.39, 0.29) is 6.42 Å². The van der Waals surface area contributed by atoms with Crippen molar-refractivity contribution in [3.63, 3.8) is 0 Å². The molecule has 3 rings (SSSR count). The van der Waals surface area contributed by atoms with Crippen LogP contribution in [-0.2, 0) is 11.2 Å². The van der Waals surface area contributed by atoms with Crippen molar-refractivity contribution in [1.82, 2.24) is 14.6 Å². The van der Waals surface area contributed by atoms with Crippen LogP contribution in [0.15, 0.2) is 48.8 Å². The average molecular weight is 253 g/mol. The Morgan fingerprint density at radius 3 is 3.00 bits per heavy atom. The van der Waals surface area contributed by atoms with Gasteiger partial charge in [0.2, 0.25) is 0 Å². The van der Waals surface area contributed by atoms with Gasteiger partial charge in [-0.2, -0.15) is 5.10 Å². The summed E-state index contributed by atoms with van der Waals surface area (Å²) in [5.74, 6) is -0.838. The quantitative estimate of drug-likeness (QED) is 0.775. The highest BCUT2D eigenvalue weighted by Crippen LogP contribution is 2.18. The first-order valence-corrected chi connectivity index (χ1v) is 5.84. The van der Waals surface area contributed by atoms with Gasteiger partial charge >= 0.3 is 5.97 Å². The monoisotopic (exact) mass is 253 g/mol. The van der Waals surface area contributed by atoms with Gasteiger partial charge in [0.15, 0.2) is 5.65 Å². The molecule has 0 radical (unpaired) electrons. The van der Waals surface area contributed by atoms with Crippen LogP contribution in [0.3, 0.4) is 0 Å². The Bertz CT molecular complexity index is 749. The third-order valence-corrected chi connectivity index (χ3v) is 2.83. The Morgan fingerprint density at radius 2 is 2.16 bits per heavy atom. The number of hydrogen-bond acceptors (Lipinski definition) is 3. The molecule has 0 unspecified atom stereocenters. The molecule has 0 aliphatic carbocycles. The molecule has 2 heterocycles. The van der Waals surface area contributed by atoms with Crippen LogP contribution in [0.4, 0.5) is 0 Å². The molecule has 0 aliphatic heterocycles. The van der Waals surface area contributed by atoms with Crippen molar-refractivity contribution in [2.45, 2.75) is 6.42 Å². The number of benzene rings is 1. The maximum atomic E-state index is 10.7. The Hall–Kier alpha value is -2.69. The summed E-state index contributed by atoms with van der Waals surface area (Å²) in [6.07, 6.45) is 3.48. The van der Waals surface area contributed by atoms with Gasteiger partial charge in [-0.15, -0.1) is 0 Å². The van der Waals surface area contributed by atoms with Gasteiger partial charge in [0.25, 0.3) is 0 Å². The predicted molar refractivity (Wildman–Crippen MR) is 69.8 cm³/mol. The first-order chi connectivity index (χ1) is 9.22. The molecule has 0 amide bonds. The molecular formula is C14H11N3O2. The van der Waals surface area contributed by atoms with Gasteiger partial charge in [-0.3, -0.25) is 4.79 Å². The van der Waals surface area contributed by atoms with E-state index in [1.807, 2.05) is 30.3 Å². The summed E-state index contributed by atoms with van der Waals surface area (Å²) in [5, 5.41) is 13.2. The van der Waals surface area contributed by atoms with E-state index in [2.05, 4.69) is 10.1 Å². The zero-order valence-corrected chi connectivity index (χ0v) is 10.0. The van der Waals surface area contributed by atoms with Crippen LogP contribution in [0, 0.1) is 0 Å². The van der Waals surface area contributed by atoms with Gasteiger partial charge in [0.05, 0.1) is 12.1 Å². The summed E-state index contributed by atoms with van der Waals surface area (Å²) in [6, 6.07) is 11.2. The number of fused-ring (bicyclic) bond motifs is 1. The fourth-order valence-corrected chi connectivity index (χ4v) is 1.98. The normalized spacial score (nSPS) is 10.7. The SMILES string of the molecule is O=C(O)Cc1cccc(-c2ccc3nccn3n2)c1. The fraction of sp³-hybridized carbons (Fsp3) is 0.0714. The molecule has 0 saturated carbocycles. The van der Waals surface area contributed by atoms with Gasteiger partial charge in [-0.05, 0) is 23.8 Å². The number of carboxylic acids is 1. The van der Waals surface area contributed by atoms with E-state index in [9.17, 15) is 4.79 Å². The highest BCUT2D eigenvalue weighted by atomic mass is 16.4. The van der Waals surface area contributed by atoms with E-state index < -0.39 is 5.97 Å². The van der Waals surface area contributed by atoms with Gasteiger partial charge in [0, 0.05) is 18.0 Å². The van der Waals surface area contributed by atoms with Gasteiger partial charge in [0.1, 0.15) is 0 Å². The molecule has 5 nitrogen and oxygen atoms in total. The van der Waals surface area contributed by atoms with Crippen molar-refractivity contribution in [1.29, 1.82) is 0 Å². The maximum Gasteiger partial charge on any atom is 0.307 e. The number of aromatic nitrogens is 3. The number of aliphatic carboxylic acids is 1. The van der Waals surface area contributed by atoms with Crippen LogP contribution in [0.1, 0.15) is 5.56 Å². The molecule has 19 heavy (non-hydrogen) atoms. The predicted octanol–water partition coefficient (Wildman–Crippen LogP) is 2.02. The minimum absolute atomic E-state index is 0.0150. The Labute approximate surface area is 109 Å². The van der Waals surface area contributed by atoms with Crippen LogP contribution in [-0.4, -0.2) is 25.7 Å². The lowest BCUT2D eigenvalue weighted by atomic mass is 10.1. The first kappa shape index (κ1) is 11.4. The zero-order valence-electron chi connectivity index (χ0n) is 10.0. The molecule has 0 atom stereocenters. The minimum atomic E-state index is -0.838. The molecule has 0 bridgehead atoms. The van der Waals surface area contributed by atoms with Crippen LogP contribution >= 0.6 is 0 Å². The van der Waals surface area contributed by atoms with Gasteiger partial charge < -0.3 is 5.11 Å².